The summed E-state index contributed by atoms with van der Waals surface area (Å²) in [6, 6.07) is 14.2. The number of carboxylic acids is 1. The molecule has 2 aromatic rings. The molecule has 1 aliphatic carbocycles. The molecule has 34 heavy (non-hydrogen) atoms. The quantitative estimate of drug-likeness (QED) is 0.435. The van der Waals surface area contributed by atoms with Crippen LogP contribution in [0.1, 0.15) is 69.6 Å². The molecule has 0 radical (unpaired) electrons. The molecule has 0 bridgehead atoms. The van der Waals surface area contributed by atoms with E-state index in [0.717, 1.165) is 48.4 Å². The lowest BCUT2D eigenvalue weighted by molar-refractivity contribution is -0.142. The van der Waals surface area contributed by atoms with Crippen LogP contribution in [-0.2, 0) is 16.0 Å². The van der Waals surface area contributed by atoms with Gasteiger partial charge in [0.25, 0.3) is 0 Å². The SMILES string of the molecule is Cc1ccc(CC(=O)Nc2cc([C@@H]3CCC[C@@H]3C(=O)O)ccc2N(CC(C)C)CC(C)C)cc1. The van der Waals surface area contributed by atoms with Crippen LogP contribution in [0, 0.1) is 24.7 Å². The number of carbonyl (C=O) groups is 2. The van der Waals surface area contributed by atoms with Gasteiger partial charge < -0.3 is 15.3 Å². The summed E-state index contributed by atoms with van der Waals surface area (Å²) in [7, 11) is 0. The summed E-state index contributed by atoms with van der Waals surface area (Å²) >= 11 is 0. The Bertz CT molecular complexity index is 971. The number of amides is 1. The van der Waals surface area contributed by atoms with Crippen molar-refractivity contribution in [2.24, 2.45) is 17.8 Å². The maximum Gasteiger partial charge on any atom is 0.307 e. The van der Waals surface area contributed by atoms with Crippen molar-refractivity contribution in [2.75, 3.05) is 23.3 Å². The Morgan fingerprint density at radius 2 is 1.65 bits per heavy atom. The second-order valence-electron chi connectivity index (χ2n) is 10.7. The first kappa shape index (κ1) is 25.8. The smallest absolute Gasteiger partial charge is 0.307 e. The molecule has 5 nitrogen and oxygen atoms in total. The minimum Gasteiger partial charge on any atom is -0.481 e. The zero-order valence-corrected chi connectivity index (χ0v) is 21.3. The van der Waals surface area contributed by atoms with Crippen molar-refractivity contribution < 1.29 is 14.7 Å². The molecule has 2 atom stereocenters. The molecule has 1 fully saturated rings. The summed E-state index contributed by atoms with van der Waals surface area (Å²) in [6.45, 7) is 12.6. The van der Waals surface area contributed by atoms with Crippen molar-refractivity contribution in [2.45, 2.75) is 66.2 Å². The third-order valence-corrected chi connectivity index (χ3v) is 6.55. The Kier molecular flexibility index (Phi) is 8.76. The van der Waals surface area contributed by atoms with Gasteiger partial charge in [0, 0.05) is 13.1 Å². The number of aliphatic carboxylic acids is 1. The first-order valence-electron chi connectivity index (χ1n) is 12.6. The molecule has 0 aromatic heterocycles. The van der Waals surface area contributed by atoms with E-state index in [9.17, 15) is 14.7 Å². The molecule has 0 spiro atoms. The molecule has 1 aliphatic rings. The summed E-state index contributed by atoms with van der Waals surface area (Å²) in [5.41, 5.74) is 4.94. The fourth-order valence-electron chi connectivity index (χ4n) is 5.05. The van der Waals surface area contributed by atoms with Crippen LogP contribution in [0.15, 0.2) is 42.5 Å². The van der Waals surface area contributed by atoms with E-state index in [1.807, 2.05) is 37.3 Å². The minimum absolute atomic E-state index is 0.0112. The molecular formula is C29H40N2O3. The van der Waals surface area contributed by atoms with Crippen LogP contribution in [0.4, 0.5) is 11.4 Å². The summed E-state index contributed by atoms with van der Waals surface area (Å²) in [4.78, 5) is 27.2. The van der Waals surface area contributed by atoms with E-state index in [4.69, 9.17) is 0 Å². The monoisotopic (exact) mass is 464 g/mol. The fraction of sp³-hybridized carbons (Fsp3) is 0.517. The lowest BCUT2D eigenvalue weighted by Gasteiger charge is -2.31. The maximum atomic E-state index is 13.1. The Morgan fingerprint density at radius 1 is 1.00 bits per heavy atom. The molecule has 0 heterocycles. The maximum absolute atomic E-state index is 13.1. The average molecular weight is 465 g/mol. The van der Waals surface area contributed by atoms with Gasteiger partial charge in [0.15, 0.2) is 0 Å². The van der Waals surface area contributed by atoms with Gasteiger partial charge in [0.2, 0.25) is 5.91 Å². The van der Waals surface area contributed by atoms with Crippen molar-refractivity contribution in [3.8, 4) is 0 Å². The molecular weight excluding hydrogens is 424 g/mol. The van der Waals surface area contributed by atoms with Gasteiger partial charge in [0.1, 0.15) is 0 Å². The van der Waals surface area contributed by atoms with Crippen molar-refractivity contribution in [3.05, 3.63) is 59.2 Å². The van der Waals surface area contributed by atoms with E-state index < -0.39 is 5.97 Å². The molecule has 2 N–H and O–H groups in total. The lowest BCUT2D eigenvalue weighted by atomic mass is 9.88. The number of rotatable bonds is 10. The normalized spacial score (nSPS) is 17.9. The van der Waals surface area contributed by atoms with E-state index in [-0.39, 0.29) is 17.7 Å². The second kappa shape index (κ2) is 11.5. The van der Waals surface area contributed by atoms with Gasteiger partial charge in [-0.1, -0.05) is 70.0 Å². The minimum atomic E-state index is -0.724. The summed E-state index contributed by atoms with van der Waals surface area (Å²) in [6.07, 6.45) is 2.81. The van der Waals surface area contributed by atoms with Gasteiger partial charge in [-0.3, -0.25) is 9.59 Å². The van der Waals surface area contributed by atoms with Gasteiger partial charge >= 0.3 is 5.97 Å². The summed E-state index contributed by atoms with van der Waals surface area (Å²) in [5, 5.41) is 12.9. The van der Waals surface area contributed by atoms with Gasteiger partial charge in [-0.2, -0.15) is 0 Å². The number of nitrogens with zero attached hydrogens (tertiary/aromatic N) is 1. The number of benzene rings is 2. The predicted octanol–water partition coefficient (Wildman–Crippen LogP) is 6.26. The van der Waals surface area contributed by atoms with Gasteiger partial charge in [-0.15, -0.1) is 0 Å². The summed E-state index contributed by atoms with van der Waals surface area (Å²) < 4.78 is 0. The van der Waals surface area contributed by atoms with Crippen LogP contribution in [0.25, 0.3) is 0 Å². The molecule has 5 heteroatoms. The number of aryl methyl sites for hydroxylation is 1. The van der Waals surface area contributed by atoms with Gasteiger partial charge in [0.05, 0.1) is 23.7 Å². The number of hydrogen-bond donors (Lipinski definition) is 2. The van der Waals surface area contributed by atoms with Crippen LogP contribution in [0.3, 0.4) is 0 Å². The molecule has 184 valence electrons. The van der Waals surface area contributed by atoms with Crippen molar-refractivity contribution in [1.82, 2.24) is 0 Å². The van der Waals surface area contributed by atoms with Crippen LogP contribution < -0.4 is 10.2 Å². The van der Waals surface area contributed by atoms with E-state index in [1.54, 1.807) is 0 Å². The zero-order valence-electron chi connectivity index (χ0n) is 21.3. The highest BCUT2D eigenvalue weighted by molar-refractivity contribution is 5.96. The molecule has 1 saturated carbocycles. The third kappa shape index (κ3) is 6.85. The lowest BCUT2D eigenvalue weighted by Crippen LogP contribution is -2.32. The standard InChI is InChI=1S/C29H40N2O3/c1-19(2)17-31(18-20(3)4)27-14-13-23(24-7-6-8-25(24)29(33)34)16-26(27)30-28(32)15-22-11-9-21(5)10-12-22/h9-14,16,19-20,24-25H,6-8,15,17-18H2,1-5H3,(H,30,32)(H,33,34)/t24-,25-/m0/s1. The Labute approximate surface area is 204 Å². The molecule has 1 amide bonds. The first-order valence-corrected chi connectivity index (χ1v) is 12.6. The van der Waals surface area contributed by atoms with Crippen LogP contribution in [0.5, 0.6) is 0 Å². The van der Waals surface area contributed by atoms with Crippen LogP contribution in [0.2, 0.25) is 0 Å². The van der Waals surface area contributed by atoms with Gasteiger partial charge in [-0.25, -0.2) is 0 Å². The van der Waals surface area contributed by atoms with E-state index >= 15 is 0 Å². The number of nitrogens with one attached hydrogen (secondary N) is 1. The Hall–Kier alpha value is -2.82. The molecule has 0 unspecified atom stereocenters. The highest BCUT2D eigenvalue weighted by Gasteiger charge is 2.34. The summed E-state index contributed by atoms with van der Waals surface area (Å²) in [5.74, 6) is -0.205. The van der Waals surface area contributed by atoms with E-state index in [1.165, 1.54) is 5.56 Å². The predicted molar refractivity (Wildman–Crippen MR) is 140 cm³/mol. The number of carboxylic acid groups (broad SMARTS) is 1. The van der Waals surface area contributed by atoms with Crippen LogP contribution >= 0.6 is 0 Å². The van der Waals surface area contributed by atoms with Crippen molar-refractivity contribution in [3.63, 3.8) is 0 Å². The first-order chi connectivity index (χ1) is 16.1. The van der Waals surface area contributed by atoms with Gasteiger partial charge in [-0.05, 0) is 60.8 Å². The highest BCUT2D eigenvalue weighted by atomic mass is 16.4. The number of anilines is 2. The zero-order chi connectivity index (χ0) is 24.8. The topological polar surface area (TPSA) is 69.6 Å². The molecule has 2 aromatic carbocycles. The van der Waals surface area contributed by atoms with Crippen LogP contribution in [-0.4, -0.2) is 30.1 Å². The highest BCUT2D eigenvalue weighted by Crippen LogP contribution is 2.42. The Balaban J connectivity index is 1.94. The average Bonchev–Trinajstić information content (AvgIpc) is 3.24. The van der Waals surface area contributed by atoms with E-state index in [0.29, 0.717) is 24.7 Å². The fourth-order valence-corrected chi connectivity index (χ4v) is 5.05. The number of hydrogen-bond acceptors (Lipinski definition) is 3. The molecule has 0 saturated heterocycles. The largest absolute Gasteiger partial charge is 0.481 e. The Morgan fingerprint density at radius 3 is 2.24 bits per heavy atom. The van der Waals surface area contributed by atoms with E-state index in [2.05, 4.69) is 50.0 Å². The second-order valence-corrected chi connectivity index (χ2v) is 10.7. The third-order valence-electron chi connectivity index (χ3n) is 6.55. The molecule has 0 aliphatic heterocycles. The molecule has 3 rings (SSSR count). The van der Waals surface area contributed by atoms with Crippen molar-refractivity contribution in [1.29, 1.82) is 0 Å². The van der Waals surface area contributed by atoms with Crippen molar-refractivity contribution >= 4 is 23.3 Å². The number of carbonyl (C=O) groups excluding carboxylic acids is 1.